The number of para-hydroxylation sites is 2. The van der Waals surface area contributed by atoms with Crippen LogP contribution in [0.15, 0.2) is 170 Å². The maximum absolute atomic E-state index is 6.24. The molecule has 40 heavy (non-hydrogen) atoms. The molecule has 0 N–H and O–H groups in total. The summed E-state index contributed by atoms with van der Waals surface area (Å²) in [4.78, 5) is 4.43. The standard InChI is InChI=1S/C37H36N2O/c1-5-15-30(8-4)38(32-18-11-9-12-19-32)34-22-26-36(27-23-34)40-37-28-24-35(25-29-37)39(31(16-6-2)17-7-3)33-20-13-10-14-21-33/h5-29H,2H2,1,3-4H3/b15-5-,17-7-,30-8+,31-16+. The van der Waals surface area contributed by atoms with E-state index in [9.17, 15) is 0 Å². The fourth-order valence-corrected chi connectivity index (χ4v) is 4.48. The van der Waals surface area contributed by atoms with Crippen molar-refractivity contribution in [1.82, 2.24) is 0 Å². The lowest BCUT2D eigenvalue weighted by molar-refractivity contribution is 0.483. The second kappa shape index (κ2) is 14.2. The van der Waals surface area contributed by atoms with Gasteiger partial charge in [-0.2, -0.15) is 0 Å². The summed E-state index contributed by atoms with van der Waals surface area (Å²) >= 11 is 0. The maximum Gasteiger partial charge on any atom is 0.127 e. The Bertz CT molecular complexity index is 1480. The van der Waals surface area contributed by atoms with Crippen molar-refractivity contribution >= 4 is 22.7 Å². The first kappa shape index (κ1) is 28.0. The first-order chi connectivity index (χ1) is 19.7. The summed E-state index contributed by atoms with van der Waals surface area (Å²) in [7, 11) is 0. The molecule has 4 rings (SSSR count). The Kier molecular flexibility index (Phi) is 9.95. The van der Waals surface area contributed by atoms with Crippen LogP contribution in [0.3, 0.4) is 0 Å². The molecule has 0 spiro atoms. The smallest absolute Gasteiger partial charge is 0.127 e. The number of allylic oxidation sites excluding steroid dienone is 7. The maximum atomic E-state index is 6.24. The van der Waals surface area contributed by atoms with E-state index in [1.807, 2.05) is 80.6 Å². The third-order valence-electron chi connectivity index (χ3n) is 6.23. The van der Waals surface area contributed by atoms with Crippen LogP contribution < -0.4 is 14.5 Å². The summed E-state index contributed by atoms with van der Waals surface area (Å²) in [6.07, 6.45) is 14.2. The lowest BCUT2D eigenvalue weighted by Crippen LogP contribution is -2.15. The summed E-state index contributed by atoms with van der Waals surface area (Å²) in [6, 6.07) is 37.0. The van der Waals surface area contributed by atoms with Gasteiger partial charge in [-0.25, -0.2) is 0 Å². The van der Waals surface area contributed by atoms with Crippen LogP contribution in [0.2, 0.25) is 0 Å². The molecule has 0 aliphatic rings. The van der Waals surface area contributed by atoms with E-state index in [1.54, 1.807) is 0 Å². The van der Waals surface area contributed by atoms with Crippen LogP contribution in [-0.4, -0.2) is 0 Å². The lowest BCUT2D eigenvalue weighted by atomic mass is 10.2. The molecule has 0 fully saturated rings. The van der Waals surface area contributed by atoms with Gasteiger partial charge in [0.25, 0.3) is 0 Å². The Labute approximate surface area is 239 Å². The zero-order valence-corrected chi connectivity index (χ0v) is 23.4. The third-order valence-corrected chi connectivity index (χ3v) is 6.23. The molecule has 4 aromatic rings. The summed E-state index contributed by atoms with van der Waals surface area (Å²) in [5, 5.41) is 0. The molecule has 0 saturated heterocycles. The van der Waals surface area contributed by atoms with Crippen LogP contribution in [0.5, 0.6) is 11.5 Å². The Morgan fingerprint density at radius 1 is 0.550 bits per heavy atom. The molecule has 3 heteroatoms. The first-order valence-electron chi connectivity index (χ1n) is 13.5. The fourth-order valence-electron chi connectivity index (χ4n) is 4.48. The predicted molar refractivity (Wildman–Crippen MR) is 172 cm³/mol. The zero-order chi connectivity index (χ0) is 28.2. The molecule has 0 heterocycles. The monoisotopic (exact) mass is 524 g/mol. The third kappa shape index (κ3) is 6.89. The highest BCUT2D eigenvalue weighted by Crippen LogP contribution is 2.35. The van der Waals surface area contributed by atoms with Crippen molar-refractivity contribution in [2.24, 2.45) is 0 Å². The highest BCUT2D eigenvalue weighted by Gasteiger charge is 2.14. The normalized spacial score (nSPS) is 12.1. The van der Waals surface area contributed by atoms with Crippen LogP contribution in [0.4, 0.5) is 22.7 Å². The van der Waals surface area contributed by atoms with E-state index in [0.29, 0.717) is 0 Å². The molecule has 0 amide bonds. The van der Waals surface area contributed by atoms with Crippen molar-refractivity contribution in [2.45, 2.75) is 20.8 Å². The van der Waals surface area contributed by atoms with E-state index < -0.39 is 0 Å². The average Bonchev–Trinajstić information content (AvgIpc) is 3.00. The topological polar surface area (TPSA) is 15.7 Å². The molecule has 0 aromatic heterocycles. The molecule has 0 atom stereocenters. The van der Waals surface area contributed by atoms with Gasteiger partial charge >= 0.3 is 0 Å². The minimum Gasteiger partial charge on any atom is -0.457 e. The van der Waals surface area contributed by atoms with Gasteiger partial charge in [-0.05, 0) is 112 Å². The number of anilines is 4. The summed E-state index contributed by atoms with van der Waals surface area (Å²) in [5.41, 5.74) is 6.38. The largest absolute Gasteiger partial charge is 0.457 e. The second-order valence-corrected chi connectivity index (χ2v) is 8.97. The quantitative estimate of drug-likeness (QED) is 0.181. The molecule has 0 aliphatic carbocycles. The van der Waals surface area contributed by atoms with Gasteiger partial charge in [0.2, 0.25) is 0 Å². The Morgan fingerprint density at radius 3 is 1.35 bits per heavy atom. The van der Waals surface area contributed by atoms with E-state index in [2.05, 4.69) is 108 Å². The number of nitrogens with zero attached hydrogens (tertiary/aromatic N) is 2. The van der Waals surface area contributed by atoms with Crippen molar-refractivity contribution in [3.8, 4) is 11.5 Å². The van der Waals surface area contributed by atoms with Gasteiger partial charge in [0.05, 0.1) is 0 Å². The molecule has 3 nitrogen and oxygen atoms in total. The summed E-state index contributed by atoms with van der Waals surface area (Å²) in [5.74, 6) is 1.55. The van der Waals surface area contributed by atoms with Crippen LogP contribution in [0.25, 0.3) is 0 Å². The predicted octanol–water partition coefficient (Wildman–Crippen LogP) is 10.9. The van der Waals surface area contributed by atoms with Gasteiger partial charge in [-0.15, -0.1) is 0 Å². The zero-order valence-electron chi connectivity index (χ0n) is 23.4. The molecular formula is C37H36N2O. The summed E-state index contributed by atoms with van der Waals surface area (Å²) in [6.45, 7) is 10.0. The van der Waals surface area contributed by atoms with Crippen LogP contribution in [-0.2, 0) is 0 Å². The van der Waals surface area contributed by atoms with Gasteiger partial charge in [-0.1, -0.05) is 67.3 Å². The Morgan fingerprint density at radius 2 is 0.950 bits per heavy atom. The van der Waals surface area contributed by atoms with E-state index in [4.69, 9.17) is 4.74 Å². The minimum atomic E-state index is 0.771. The van der Waals surface area contributed by atoms with Crippen molar-refractivity contribution in [3.05, 3.63) is 170 Å². The minimum absolute atomic E-state index is 0.771. The molecular weight excluding hydrogens is 488 g/mol. The molecule has 200 valence electrons. The number of rotatable bonds is 11. The van der Waals surface area contributed by atoms with Gasteiger partial charge in [-0.3, -0.25) is 0 Å². The number of hydrogen-bond acceptors (Lipinski definition) is 3. The van der Waals surface area contributed by atoms with Gasteiger partial charge < -0.3 is 14.5 Å². The number of ether oxygens (including phenoxy) is 1. The Hall–Kier alpha value is -5.02. The van der Waals surface area contributed by atoms with Crippen molar-refractivity contribution in [3.63, 3.8) is 0 Å². The molecule has 0 unspecified atom stereocenters. The number of hydrogen-bond donors (Lipinski definition) is 0. The van der Waals surface area contributed by atoms with Crippen molar-refractivity contribution in [2.75, 3.05) is 9.80 Å². The molecule has 0 saturated carbocycles. The van der Waals surface area contributed by atoms with Crippen molar-refractivity contribution in [1.29, 1.82) is 0 Å². The highest BCUT2D eigenvalue weighted by molar-refractivity contribution is 5.72. The van der Waals surface area contributed by atoms with E-state index >= 15 is 0 Å². The lowest BCUT2D eigenvalue weighted by Gasteiger charge is -2.27. The SMILES string of the molecule is C=C/C=C(\C=C/C)N(c1ccccc1)c1ccc(Oc2ccc(N(C(/C=C\C)=C/C)c3ccccc3)cc2)cc1. The first-order valence-corrected chi connectivity index (χ1v) is 13.5. The van der Waals surface area contributed by atoms with Gasteiger partial charge in [0.1, 0.15) is 11.5 Å². The van der Waals surface area contributed by atoms with Crippen LogP contribution in [0, 0.1) is 0 Å². The second-order valence-electron chi connectivity index (χ2n) is 8.97. The van der Waals surface area contributed by atoms with E-state index in [-0.39, 0.29) is 0 Å². The fraction of sp³-hybridized carbons (Fsp3) is 0.0811. The van der Waals surface area contributed by atoms with E-state index in [0.717, 1.165) is 45.6 Å². The van der Waals surface area contributed by atoms with E-state index in [1.165, 1.54) is 0 Å². The molecule has 4 aromatic carbocycles. The molecule has 0 aliphatic heterocycles. The summed E-state index contributed by atoms with van der Waals surface area (Å²) < 4.78 is 6.24. The number of benzene rings is 4. The molecule has 0 radical (unpaired) electrons. The average molecular weight is 525 g/mol. The van der Waals surface area contributed by atoms with Crippen LogP contribution in [0.1, 0.15) is 20.8 Å². The van der Waals surface area contributed by atoms with Crippen LogP contribution >= 0.6 is 0 Å². The Balaban J connectivity index is 1.58. The molecule has 0 bridgehead atoms. The van der Waals surface area contributed by atoms with Crippen molar-refractivity contribution < 1.29 is 4.74 Å². The van der Waals surface area contributed by atoms with Gasteiger partial charge in [0.15, 0.2) is 0 Å². The van der Waals surface area contributed by atoms with Gasteiger partial charge in [0, 0.05) is 34.1 Å². The highest BCUT2D eigenvalue weighted by atomic mass is 16.5.